The molecular weight excluding hydrogens is 328 g/mol. The van der Waals surface area contributed by atoms with E-state index in [4.69, 9.17) is 0 Å². The quantitative estimate of drug-likeness (QED) is 0.541. The molecule has 0 fully saturated rings. The first-order valence-electron chi connectivity index (χ1n) is 8.89. The molecule has 1 aliphatic carbocycles. The van der Waals surface area contributed by atoms with Gasteiger partial charge in [-0.3, -0.25) is 9.89 Å². The van der Waals surface area contributed by atoms with Crippen LogP contribution in [0.2, 0.25) is 0 Å². The van der Waals surface area contributed by atoms with Crippen LogP contribution < -0.4 is 10.6 Å². The number of amides is 1. The van der Waals surface area contributed by atoms with E-state index in [1.807, 2.05) is 12.1 Å². The predicted octanol–water partition coefficient (Wildman–Crippen LogP) is 1.41. The molecule has 1 unspecified atom stereocenters. The number of nitrogens with one attached hydrogen (secondary N) is 3. The summed E-state index contributed by atoms with van der Waals surface area (Å²) in [6.07, 6.45) is 3.02. The monoisotopic (exact) mass is 350 g/mol. The highest BCUT2D eigenvalue weighted by Crippen LogP contribution is 2.21. The fourth-order valence-corrected chi connectivity index (χ4v) is 3.54. The summed E-state index contributed by atoms with van der Waals surface area (Å²) in [5.41, 5.74) is 3.99. The van der Waals surface area contributed by atoms with Crippen LogP contribution in [0.5, 0.6) is 0 Å². The van der Waals surface area contributed by atoms with E-state index in [1.54, 1.807) is 12.3 Å². The molecule has 26 heavy (non-hydrogen) atoms. The molecule has 0 aliphatic heterocycles. The summed E-state index contributed by atoms with van der Waals surface area (Å²) in [7, 11) is 0. The second kappa shape index (κ2) is 7.27. The fraction of sp³-hybridized carbons (Fsp3) is 0.300. The van der Waals surface area contributed by atoms with E-state index in [0.717, 1.165) is 18.2 Å². The maximum atomic E-state index is 12.4. The van der Waals surface area contributed by atoms with Crippen LogP contribution >= 0.6 is 0 Å². The Labute approximate surface area is 151 Å². The summed E-state index contributed by atoms with van der Waals surface area (Å²) < 4.78 is 0. The van der Waals surface area contributed by atoms with Crippen molar-refractivity contribution < 1.29 is 9.90 Å². The molecule has 3 aromatic rings. The predicted molar refractivity (Wildman–Crippen MR) is 100 cm³/mol. The zero-order valence-corrected chi connectivity index (χ0v) is 14.4. The number of hydrogen-bond donors (Lipinski definition) is 4. The number of carbonyl (C=O) groups excluding carboxylic acids is 1. The molecule has 0 radical (unpaired) electrons. The van der Waals surface area contributed by atoms with Crippen LogP contribution in [0.1, 0.15) is 21.5 Å². The lowest BCUT2D eigenvalue weighted by atomic mass is 10.1. The topological polar surface area (TPSA) is 90.0 Å². The zero-order valence-electron chi connectivity index (χ0n) is 14.4. The molecule has 4 N–H and O–H groups in total. The molecule has 0 saturated heterocycles. The van der Waals surface area contributed by atoms with Crippen molar-refractivity contribution in [2.75, 3.05) is 13.1 Å². The smallest absolute Gasteiger partial charge is 0.253 e. The minimum atomic E-state index is -0.636. The maximum Gasteiger partial charge on any atom is 0.253 e. The van der Waals surface area contributed by atoms with Crippen molar-refractivity contribution in [3.05, 3.63) is 65.4 Å². The number of benzene rings is 2. The van der Waals surface area contributed by atoms with Crippen molar-refractivity contribution >= 4 is 16.8 Å². The van der Waals surface area contributed by atoms with Crippen LogP contribution in [-0.4, -0.2) is 46.4 Å². The second-order valence-corrected chi connectivity index (χ2v) is 6.79. The van der Waals surface area contributed by atoms with Gasteiger partial charge in [-0.2, -0.15) is 5.10 Å². The number of carbonyl (C=O) groups is 1. The van der Waals surface area contributed by atoms with Crippen LogP contribution in [0.25, 0.3) is 10.9 Å². The Balaban J connectivity index is 1.26. The molecule has 0 saturated carbocycles. The highest BCUT2D eigenvalue weighted by atomic mass is 16.3. The second-order valence-electron chi connectivity index (χ2n) is 6.79. The van der Waals surface area contributed by atoms with Gasteiger partial charge in [-0.05, 0) is 30.0 Å². The number of aromatic amines is 1. The molecule has 4 rings (SSSR count). The SMILES string of the molecule is O=C(NCC(O)CNC1Cc2ccccc2C1)c1cccc2cn[nH]c12. The number of aliphatic hydroxyl groups excluding tert-OH is 1. The molecule has 6 nitrogen and oxygen atoms in total. The summed E-state index contributed by atoms with van der Waals surface area (Å²) in [6, 6.07) is 14.2. The largest absolute Gasteiger partial charge is 0.390 e. The van der Waals surface area contributed by atoms with Gasteiger partial charge in [-0.25, -0.2) is 0 Å². The first-order valence-corrected chi connectivity index (χ1v) is 8.89. The van der Waals surface area contributed by atoms with Gasteiger partial charge in [0.1, 0.15) is 0 Å². The van der Waals surface area contributed by atoms with Crippen LogP contribution in [0.4, 0.5) is 0 Å². The van der Waals surface area contributed by atoms with Crippen molar-refractivity contribution in [2.45, 2.75) is 25.0 Å². The normalized spacial score (nSPS) is 15.1. The van der Waals surface area contributed by atoms with Gasteiger partial charge in [0.05, 0.1) is 23.4 Å². The van der Waals surface area contributed by atoms with Gasteiger partial charge in [0.2, 0.25) is 0 Å². The van der Waals surface area contributed by atoms with Gasteiger partial charge in [-0.15, -0.1) is 0 Å². The fourth-order valence-electron chi connectivity index (χ4n) is 3.54. The third kappa shape index (κ3) is 3.47. The van der Waals surface area contributed by atoms with Gasteiger partial charge < -0.3 is 15.7 Å². The third-order valence-electron chi connectivity index (χ3n) is 4.91. The van der Waals surface area contributed by atoms with Crippen molar-refractivity contribution in [1.82, 2.24) is 20.8 Å². The van der Waals surface area contributed by atoms with Crippen LogP contribution in [0.15, 0.2) is 48.7 Å². The lowest BCUT2D eigenvalue weighted by Crippen LogP contribution is -2.41. The molecule has 1 aliphatic rings. The van der Waals surface area contributed by atoms with Gasteiger partial charge in [0.15, 0.2) is 0 Å². The van der Waals surface area contributed by atoms with E-state index in [2.05, 4.69) is 45.1 Å². The number of aromatic nitrogens is 2. The van der Waals surface area contributed by atoms with Gasteiger partial charge in [0.25, 0.3) is 5.91 Å². The average molecular weight is 350 g/mol. The number of nitrogens with zero attached hydrogens (tertiary/aromatic N) is 1. The molecule has 2 aromatic carbocycles. The van der Waals surface area contributed by atoms with E-state index in [0.29, 0.717) is 23.7 Å². The number of hydrogen-bond acceptors (Lipinski definition) is 4. The van der Waals surface area contributed by atoms with Crippen molar-refractivity contribution in [1.29, 1.82) is 0 Å². The summed E-state index contributed by atoms with van der Waals surface area (Å²) in [6.45, 7) is 0.656. The minimum Gasteiger partial charge on any atom is -0.390 e. The first kappa shape index (κ1) is 16.8. The van der Waals surface area contributed by atoms with Crippen LogP contribution in [0.3, 0.4) is 0 Å². The molecule has 1 heterocycles. The van der Waals surface area contributed by atoms with Gasteiger partial charge >= 0.3 is 0 Å². The third-order valence-corrected chi connectivity index (χ3v) is 4.91. The average Bonchev–Trinajstić information content (AvgIpc) is 3.30. The molecule has 1 amide bonds. The number of aliphatic hydroxyl groups is 1. The molecule has 0 spiro atoms. The van der Waals surface area contributed by atoms with E-state index in [-0.39, 0.29) is 12.5 Å². The lowest BCUT2D eigenvalue weighted by molar-refractivity contribution is 0.0915. The Hall–Kier alpha value is -2.70. The van der Waals surface area contributed by atoms with E-state index in [1.165, 1.54) is 11.1 Å². The highest BCUT2D eigenvalue weighted by molar-refractivity contribution is 6.05. The maximum absolute atomic E-state index is 12.4. The van der Waals surface area contributed by atoms with Crippen molar-refractivity contribution in [3.63, 3.8) is 0 Å². The number of rotatable bonds is 6. The number of para-hydroxylation sites is 1. The number of H-pyrrole nitrogens is 1. The van der Waals surface area contributed by atoms with E-state index < -0.39 is 6.10 Å². The van der Waals surface area contributed by atoms with Crippen LogP contribution in [-0.2, 0) is 12.8 Å². The molecule has 1 atom stereocenters. The standard InChI is InChI=1S/C20H22N4O2/c25-17(11-21-16-8-13-4-1-2-5-14(13)9-16)12-22-20(26)18-7-3-6-15-10-23-24-19(15)18/h1-7,10,16-17,21,25H,8-9,11-12H2,(H,22,26)(H,23,24). The molecule has 134 valence electrons. The summed E-state index contributed by atoms with van der Waals surface area (Å²) in [5, 5.41) is 24.1. The Morgan fingerprint density at radius 1 is 1.15 bits per heavy atom. The molecule has 0 bridgehead atoms. The van der Waals surface area contributed by atoms with E-state index in [9.17, 15) is 9.90 Å². The summed E-state index contributed by atoms with van der Waals surface area (Å²) in [4.78, 5) is 12.4. The van der Waals surface area contributed by atoms with Crippen molar-refractivity contribution in [3.8, 4) is 0 Å². The lowest BCUT2D eigenvalue weighted by Gasteiger charge is -2.17. The summed E-state index contributed by atoms with van der Waals surface area (Å²) >= 11 is 0. The minimum absolute atomic E-state index is 0.204. The van der Waals surface area contributed by atoms with Gasteiger partial charge in [-0.1, -0.05) is 36.4 Å². The van der Waals surface area contributed by atoms with Crippen LogP contribution in [0, 0.1) is 0 Å². The van der Waals surface area contributed by atoms with Crippen molar-refractivity contribution in [2.24, 2.45) is 0 Å². The zero-order chi connectivity index (χ0) is 17.9. The molecular formula is C20H22N4O2. The highest BCUT2D eigenvalue weighted by Gasteiger charge is 2.21. The first-order chi connectivity index (χ1) is 12.7. The Morgan fingerprint density at radius 2 is 1.92 bits per heavy atom. The number of fused-ring (bicyclic) bond motifs is 2. The van der Waals surface area contributed by atoms with Gasteiger partial charge in [0, 0.05) is 24.5 Å². The Kier molecular flexibility index (Phi) is 4.69. The Morgan fingerprint density at radius 3 is 2.69 bits per heavy atom. The van der Waals surface area contributed by atoms with E-state index >= 15 is 0 Å². The molecule has 6 heteroatoms. The molecule has 1 aromatic heterocycles. The Bertz CT molecular complexity index is 896. The summed E-state index contributed by atoms with van der Waals surface area (Å²) in [5.74, 6) is -0.216.